The van der Waals surface area contributed by atoms with Gasteiger partial charge in [0.2, 0.25) is 0 Å². The van der Waals surface area contributed by atoms with E-state index in [1.165, 1.54) is 0 Å². The standard InChI is InChI=1S/C12H16O3/c1-3-9(12(13)14)8-10-6-4-5-7-11(10)15-2/h4-7,9H,3,8H2,1-2H3,(H,13,14)/t9-/m1/s1. The summed E-state index contributed by atoms with van der Waals surface area (Å²) in [6, 6.07) is 7.53. The molecule has 0 aliphatic carbocycles. The lowest BCUT2D eigenvalue weighted by molar-refractivity contribution is -0.141. The smallest absolute Gasteiger partial charge is 0.306 e. The molecular weight excluding hydrogens is 192 g/mol. The highest BCUT2D eigenvalue weighted by molar-refractivity contribution is 5.70. The van der Waals surface area contributed by atoms with Crippen molar-refractivity contribution in [2.75, 3.05) is 7.11 Å². The van der Waals surface area contributed by atoms with Crippen LogP contribution >= 0.6 is 0 Å². The van der Waals surface area contributed by atoms with Gasteiger partial charge in [0.15, 0.2) is 0 Å². The average molecular weight is 208 g/mol. The van der Waals surface area contributed by atoms with Crippen molar-refractivity contribution >= 4 is 5.97 Å². The molecule has 0 fully saturated rings. The van der Waals surface area contributed by atoms with Gasteiger partial charge in [0.25, 0.3) is 0 Å². The Bertz CT molecular complexity index is 333. The average Bonchev–Trinajstić information content (AvgIpc) is 2.25. The van der Waals surface area contributed by atoms with Crippen LogP contribution in [-0.4, -0.2) is 18.2 Å². The van der Waals surface area contributed by atoms with Crippen molar-refractivity contribution in [3.05, 3.63) is 29.8 Å². The Morgan fingerprint density at radius 2 is 2.13 bits per heavy atom. The molecule has 0 saturated heterocycles. The van der Waals surface area contributed by atoms with Crippen LogP contribution in [0.5, 0.6) is 5.75 Å². The van der Waals surface area contributed by atoms with Gasteiger partial charge in [-0.3, -0.25) is 4.79 Å². The van der Waals surface area contributed by atoms with Gasteiger partial charge in [-0.15, -0.1) is 0 Å². The van der Waals surface area contributed by atoms with Crippen LogP contribution in [-0.2, 0) is 11.2 Å². The molecule has 1 aromatic carbocycles. The fraction of sp³-hybridized carbons (Fsp3) is 0.417. The molecule has 3 heteroatoms. The Morgan fingerprint density at radius 3 is 2.67 bits per heavy atom. The van der Waals surface area contributed by atoms with Gasteiger partial charge in [-0.25, -0.2) is 0 Å². The Balaban J connectivity index is 2.82. The highest BCUT2D eigenvalue weighted by Gasteiger charge is 2.17. The SMILES string of the molecule is CC[C@H](Cc1ccccc1OC)C(=O)O. The third-order valence-electron chi connectivity index (χ3n) is 2.50. The summed E-state index contributed by atoms with van der Waals surface area (Å²) in [5.41, 5.74) is 0.953. The zero-order valence-electron chi connectivity index (χ0n) is 9.06. The number of benzene rings is 1. The van der Waals surface area contributed by atoms with Gasteiger partial charge in [0.1, 0.15) is 5.75 Å². The van der Waals surface area contributed by atoms with Crippen LogP contribution in [0.1, 0.15) is 18.9 Å². The first kappa shape index (κ1) is 11.6. The fourth-order valence-corrected chi connectivity index (χ4v) is 1.54. The lowest BCUT2D eigenvalue weighted by Crippen LogP contribution is -2.15. The number of carbonyl (C=O) groups is 1. The molecule has 15 heavy (non-hydrogen) atoms. The molecule has 0 heterocycles. The monoisotopic (exact) mass is 208 g/mol. The molecule has 0 aliphatic rings. The summed E-state index contributed by atoms with van der Waals surface area (Å²) in [6.07, 6.45) is 1.16. The minimum Gasteiger partial charge on any atom is -0.496 e. The predicted molar refractivity (Wildman–Crippen MR) is 58.1 cm³/mol. The minimum atomic E-state index is -0.747. The number of ether oxygens (including phenoxy) is 1. The molecule has 3 nitrogen and oxygen atoms in total. The molecule has 0 bridgehead atoms. The maximum absolute atomic E-state index is 10.9. The van der Waals surface area contributed by atoms with Gasteiger partial charge in [0, 0.05) is 0 Å². The van der Waals surface area contributed by atoms with Gasteiger partial charge < -0.3 is 9.84 Å². The van der Waals surface area contributed by atoms with Gasteiger partial charge in [0.05, 0.1) is 13.0 Å². The molecule has 82 valence electrons. The topological polar surface area (TPSA) is 46.5 Å². The van der Waals surface area contributed by atoms with E-state index in [1.807, 2.05) is 31.2 Å². The second kappa shape index (κ2) is 5.39. The first-order chi connectivity index (χ1) is 7.19. The third kappa shape index (κ3) is 2.98. The van der Waals surface area contributed by atoms with Crippen LogP contribution in [0.15, 0.2) is 24.3 Å². The highest BCUT2D eigenvalue weighted by Crippen LogP contribution is 2.22. The molecule has 0 aromatic heterocycles. The van der Waals surface area contributed by atoms with Crippen molar-refractivity contribution in [2.24, 2.45) is 5.92 Å². The van der Waals surface area contributed by atoms with E-state index < -0.39 is 5.97 Å². The molecule has 0 amide bonds. The van der Waals surface area contributed by atoms with Crippen LogP contribution in [0.4, 0.5) is 0 Å². The van der Waals surface area contributed by atoms with Crippen molar-refractivity contribution in [1.82, 2.24) is 0 Å². The molecule has 0 saturated carbocycles. The van der Waals surface area contributed by atoms with Crippen molar-refractivity contribution in [3.63, 3.8) is 0 Å². The van der Waals surface area contributed by atoms with Crippen LogP contribution in [0.2, 0.25) is 0 Å². The fourth-order valence-electron chi connectivity index (χ4n) is 1.54. The molecule has 1 rings (SSSR count). The van der Waals surface area contributed by atoms with Crippen molar-refractivity contribution in [1.29, 1.82) is 0 Å². The Labute approximate surface area is 89.7 Å². The number of carboxylic acids is 1. The maximum Gasteiger partial charge on any atom is 0.306 e. The summed E-state index contributed by atoms with van der Waals surface area (Å²) < 4.78 is 5.18. The van der Waals surface area contributed by atoms with Crippen molar-refractivity contribution in [3.8, 4) is 5.75 Å². The van der Waals surface area contributed by atoms with Crippen LogP contribution in [0.25, 0.3) is 0 Å². The Kier molecular flexibility index (Phi) is 4.16. The van der Waals surface area contributed by atoms with Gasteiger partial charge in [-0.2, -0.15) is 0 Å². The second-order valence-electron chi connectivity index (χ2n) is 3.46. The summed E-state index contributed by atoms with van der Waals surface area (Å²) >= 11 is 0. The summed E-state index contributed by atoms with van der Waals surface area (Å²) in [4.78, 5) is 10.9. The normalized spacial score (nSPS) is 12.1. The Morgan fingerprint density at radius 1 is 1.47 bits per heavy atom. The molecule has 0 unspecified atom stereocenters. The maximum atomic E-state index is 10.9. The van der Waals surface area contributed by atoms with E-state index in [0.29, 0.717) is 12.8 Å². The number of rotatable bonds is 5. The minimum absolute atomic E-state index is 0.332. The lowest BCUT2D eigenvalue weighted by atomic mass is 9.96. The Hall–Kier alpha value is -1.51. The summed E-state index contributed by atoms with van der Waals surface area (Å²) in [7, 11) is 1.60. The van der Waals surface area contributed by atoms with Crippen LogP contribution in [0, 0.1) is 5.92 Å². The van der Waals surface area contributed by atoms with Crippen molar-refractivity contribution < 1.29 is 14.6 Å². The summed E-state index contributed by atoms with van der Waals surface area (Å²) in [5.74, 6) is -0.318. The molecule has 1 aromatic rings. The van der Waals surface area contributed by atoms with E-state index in [4.69, 9.17) is 9.84 Å². The van der Waals surface area contributed by atoms with E-state index in [0.717, 1.165) is 11.3 Å². The van der Waals surface area contributed by atoms with E-state index in [2.05, 4.69) is 0 Å². The highest BCUT2D eigenvalue weighted by atomic mass is 16.5. The second-order valence-corrected chi connectivity index (χ2v) is 3.46. The lowest BCUT2D eigenvalue weighted by Gasteiger charge is -2.12. The largest absolute Gasteiger partial charge is 0.496 e. The molecule has 0 aliphatic heterocycles. The molecule has 1 N–H and O–H groups in total. The number of aliphatic carboxylic acids is 1. The quantitative estimate of drug-likeness (QED) is 0.807. The first-order valence-electron chi connectivity index (χ1n) is 5.03. The number of hydrogen-bond acceptors (Lipinski definition) is 2. The van der Waals surface area contributed by atoms with E-state index in [9.17, 15) is 4.79 Å². The predicted octanol–water partition coefficient (Wildman–Crippen LogP) is 2.35. The third-order valence-corrected chi connectivity index (χ3v) is 2.50. The van der Waals surface area contributed by atoms with Gasteiger partial charge >= 0.3 is 5.97 Å². The van der Waals surface area contributed by atoms with Crippen molar-refractivity contribution in [2.45, 2.75) is 19.8 Å². The molecule has 0 radical (unpaired) electrons. The first-order valence-corrected chi connectivity index (χ1v) is 5.03. The van der Waals surface area contributed by atoms with E-state index >= 15 is 0 Å². The number of methoxy groups -OCH3 is 1. The molecular formula is C12H16O3. The number of carboxylic acid groups (broad SMARTS) is 1. The zero-order valence-corrected chi connectivity index (χ0v) is 9.06. The number of para-hydroxylation sites is 1. The summed E-state index contributed by atoms with van der Waals surface area (Å²) in [5, 5.41) is 8.96. The van der Waals surface area contributed by atoms with Crippen LogP contribution < -0.4 is 4.74 Å². The van der Waals surface area contributed by atoms with E-state index in [-0.39, 0.29) is 5.92 Å². The summed E-state index contributed by atoms with van der Waals surface area (Å²) in [6.45, 7) is 1.88. The number of hydrogen-bond donors (Lipinski definition) is 1. The zero-order chi connectivity index (χ0) is 11.3. The molecule has 1 atom stereocenters. The van der Waals surface area contributed by atoms with Gasteiger partial charge in [-0.05, 0) is 24.5 Å². The van der Waals surface area contributed by atoms with Gasteiger partial charge in [-0.1, -0.05) is 25.1 Å². The van der Waals surface area contributed by atoms with Crippen LogP contribution in [0.3, 0.4) is 0 Å². The van der Waals surface area contributed by atoms with E-state index in [1.54, 1.807) is 7.11 Å². The molecule has 0 spiro atoms.